The van der Waals surface area contributed by atoms with Crippen molar-refractivity contribution in [2.45, 2.75) is 13.0 Å². The summed E-state index contributed by atoms with van der Waals surface area (Å²) in [7, 11) is 0. The maximum absolute atomic E-state index is 13.0. The Morgan fingerprint density at radius 2 is 1.32 bits per heavy atom. The van der Waals surface area contributed by atoms with E-state index in [1.165, 1.54) is 0 Å². The molecule has 3 aromatic rings. The van der Waals surface area contributed by atoms with E-state index in [-0.39, 0.29) is 11.9 Å². The molecule has 0 bridgehead atoms. The molecule has 2 heteroatoms. The van der Waals surface area contributed by atoms with E-state index in [0.717, 1.165) is 16.7 Å². The Kier molecular flexibility index (Phi) is 5.43. The summed E-state index contributed by atoms with van der Waals surface area (Å²) in [5.74, 6) is -0.0774. The maximum Gasteiger partial charge on any atom is 0.252 e. The number of amides is 1. The lowest BCUT2D eigenvalue weighted by molar-refractivity contribution is -0.116. The van der Waals surface area contributed by atoms with Gasteiger partial charge < -0.3 is 5.32 Å². The van der Waals surface area contributed by atoms with Crippen LogP contribution in [-0.2, 0) is 4.79 Å². The van der Waals surface area contributed by atoms with Gasteiger partial charge in [-0.15, -0.1) is 0 Å². The second-order valence-corrected chi connectivity index (χ2v) is 5.94. The topological polar surface area (TPSA) is 29.1 Å². The van der Waals surface area contributed by atoms with Crippen LogP contribution in [0, 0.1) is 0 Å². The monoisotopic (exact) mass is 327 g/mol. The number of rotatable bonds is 5. The minimum Gasteiger partial charge on any atom is -0.345 e. The van der Waals surface area contributed by atoms with E-state index in [4.69, 9.17) is 0 Å². The average molecular weight is 327 g/mol. The molecule has 0 saturated heterocycles. The number of benzene rings is 3. The van der Waals surface area contributed by atoms with Gasteiger partial charge in [0.25, 0.3) is 5.91 Å². The SMILES string of the molecule is CC(NC(=O)C(=Cc1ccccc1)c1ccccc1)c1ccccc1. The molecule has 3 aromatic carbocycles. The zero-order chi connectivity index (χ0) is 17.5. The van der Waals surface area contributed by atoms with E-state index in [9.17, 15) is 4.79 Å². The molecule has 25 heavy (non-hydrogen) atoms. The highest BCUT2D eigenvalue weighted by atomic mass is 16.1. The fraction of sp³-hybridized carbons (Fsp3) is 0.0870. The van der Waals surface area contributed by atoms with Gasteiger partial charge in [-0.1, -0.05) is 91.0 Å². The molecule has 1 atom stereocenters. The van der Waals surface area contributed by atoms with Crippen molar-refractivity contribution in [2.24, 2.45) is 0 Å². The summed E-state index contributed by atoms with van der Waals surface area (Å²) < 4.78 is 0. The Morgan fingerprint density at radius 1 is 0.800 bits per heavy atom. The van der Waals surface area contributed by atoms with Crippen LogP contribution in [0.3, 0.4) is 0 Å². The third-order valence-corrected chi connectivity index (χ3v) is 4.09. The van der Waals surface area contributed by atoms with Crippen molar-refractivity contribution in [3.8, 4) is 0 Å². The number of hydrogen-bond acceptors (Lipinski definition) is 1. The lowest BCUT2D eigenvalue weighted by atomic mass is 10.0. The smallest absolute Gasteiger partial charge is 0.252 e. The lowest BCUT2D eigenvalue weighted by Gasteiger charge is -2.16. The van der Waals surface area contributed by atoms with Gasteiger partial charge in [-0.05, 0) is 29.7 Å². The van der Waals surface area contributed by atoms with Crippen molar-refractivity contribution in [3.63, 3.8) is 0 Å². The third kappa shape index (κ3) is 4.45. The first-order valence-corrected chi connectivity index (χ1v) is 8.42. The Hall–Kier alpha value is -3.13. The molecule has 3 rings (SSSR count). The van der Waals surface area contributed by atoms with E-state index in [1.54, 1.807) is 0 Å². The number of carbonyl (C=O) groups excluding carboxylic acids is 1. The first kappa shape index (κ1) is 16.7. The zero-order valence-corrected chi connectivity index (χ0v) is 14.2. The zero-order valence-electron chi connectivity index (χ0n) is 14.2. The molecule has 0 spiro atoms. The minimum atomic E-state index is -0.0774. The highest BCUT2D eigenvalue weighted by Crippen LogP contribution is 2.20. The number of nitrogens with one attached hydrogen (secondary N) is 1. The predicted octanol–water partition coefficient (Wildman–Crippen LogP) is 5.10. The van der Waals surface area contributed by atoms with E-state index in [1.807, 2.05) is 104 Å². The van der Waals surface area contributed by atoms with Gasteiger partial charge in [-0.3, -0.25) is 4.79 Å². The van der Waals surface area contributed by atoms with Crippen LogP contribution in [0.15, 0.2) is 91.0 Å². The van der Waals surface area contributed by atoms with Crippen molar-refractivity contribution in [1.82, 2.24) is 5.32 Å². The molecule has 1 N–H and O–H groups in total. The van der Waals surface area contributed by atoms with Gasteiger partial charge in [0.15, 0.2) is 0 Å². The maximum atomic E-state index is 13.0. The molecule has 124 valence electrons. The van der Waals surface area contributed by atoms with Crippen molar-refractivity contribution < 1.29 is 4.79 Å². The summed E-state index contributed by atoms with van der Waals surface area (Å²) in [6.45, 7) is 2.00. The van der Waals surface area contributed by atoms with Crippen LogP contribution < -0.4 is 5.32 Å². The standard InChI is InChI=1S/C23H21NO/c1-18(20-13-7-3-8-14-20)24-23(25)22(21-15-9-4-10-16-21)17-19-11-5-2-6-12-19/h2-18H,1H3,(H,24,25). The number of hydrogen-bond donors (Lipinski definition) is 1. The largest absolute Gasteiger partial charge is 0.345 e. The Balaban J connectivity index is 1.89. The van der Waals surface area contributed by atoms with Crippen LogP contribution in [0.2, 0.25) is 0 Å². The summed E-state index contributed by atoms with van der Waals surface area (Å²) >= 11 is 0. The summed E-state index contributed by atoms with van der Waals surface area (Å²) in [5, 5.41) is 3.11. The third-order valence-electron chi connectivity index (χ3n) is 4.09. The molecule has 0 fully saturated rings. The second kappa shape index (κ2) is 8.11. The van der Waals surface area contributed by atoms with Gasteiger partial charge in [0, 0.05) is 5.57 Å². The van der Waals surface area contributed by atoms with Crippen molar-refractivity contribution in [3.05, 3.63) is 108 Å². The first-order chi connectivity index (χ1) is 12.2. The molecule has 0 radical (unpaired) electrons. The highest BCUT2D eigenvalue weighted by molar-refractivity contribution is 6.24. The highest BCUT2D eigenvalue weighted by Gasteiger charge is 2.15. The molecule has 0 aliphatic rings. The molecule has 1 unspecified atom stereocenters. The van der Waals surface area contributed by atoms with Crippen molar-refractivity contribution >= 4 is 17.6 Å². The summed E-state index contributed by atoms with van der Waals surface area (Å²) in [4.78, 5) is 13.0. The molecule has 0 aliphatic heterocycles. The van der Waals surface area contributed by atoms with Crippen molar-refractivity contribution in [2.75, 3.05) is 0 Å². The van der Waals surface area contributed by atoms with Gasteiger partial charge in [0.1, 0.15) is 0 Å². The molecule has 2 nitrogen and oxygen atoms in total. The van der Waals surface area contributed by atoms with Crippen LogP contribution in [0.4, 0.5) is 0 Å². The lowest BCUT2D eigenvalue weighted by Crippen LogP contribution is -2.27. The van der Waals surface area contributed by atoms with Crippen LogP contribution in [0.1, 0.15) is 29.7 Å². The van der Waals surface area contributed by atoms with Crippen LogP contribution >= 0.6 is 0 Å². The van der Waals surface area contributed by atoms with E-state index < -0.39 is 0 Å². The van der Waals surface area contributed by atoms with E-state index >= 15 is 0 Å². The predicted molar refractivity (Wildman–Crippen MR) is 104 cm³/mol. The summed E-state index contributed by atoms with van der Waals surface area (Å²) in [6.07, 6.45) is 1.93. The van der Waals surface area contributed by atoms with Crippen LogP contribution in [-0.4, -0.2) is 5.91 Å². The van der Waals surface area contributed by atoms with Gasteiger partial charge in [-0.2, -0.15) is 0 Å². The van der Waals surface area contributed by atoms with Crippen molar-refractivity contribution in [1.29, 1.82) is 0 Å². The second-order valence-electron chi connectivity index (χ2n) is 5.94. The Labute approximate surface area is 148 Å². The summed E-state index contributed by atoms with van der Waals surface area (Å²) in [5.41, 5.74) is 3.66. The molecule has 0 saturated carbocycles. The normalized spacial score (nSPS) is 12.4. The molecule has 1 amide bonds. The van der Waals surface area contributed by atoms with Gasteiger partial charge in [0.2, 0.25) is 0 Å². The first-order valence-electron chi connectivity index (χ1n) is 8.42. The quantitative estimate of drug-likeness (QED) is 0.512. The van der Waals surface area contributed by atoms with Gasteiger partial charge in [0.05, 0.1) is 6.04 Å². The molecular weight excluding hydrogens is 306 g/mol. The number of carbonyl (C=O) groups is 1. The Bertz CT molecular complexity index is 839. The summed E-state index contributed by atoms with van der Waals surface area (Å²) in [6, 6.07) is 29.6. The van der Waals surface area contributed by atoms with Crippen LogP contribution in [0.5, 0.6) is 0 Å². The molecular formula is C23H21NO. The fourth-order valence-electron chi connectivity index (χ4n) is 2.71. The van der Waals surface area contributed by atoms with E-state index in [2.05, 4.69) is 5.32 Å². The molecule has 0 aliphatic carbocycles. The minimum absolute atomic E-state index is 0.0587. The molecule has 0 aromatic heterocycles. The van der Waals surface area contributed by atoms with Crippen LogP contribution in [0.25, 0.3) is 11.6 Å². The van der Waals surface area contributed by atoms with E-state index in [0.29, 0.717) is 5.57 Å². The fourth-order valence-corrected chi connectivity index (χ4v) is 2.71. The van der Waals surface area contributed by atoms with Gasteiger partial charge >= 0.3 is 0 Å². The van der Waals surface area contributed by atoms with Gasteiger partial charge in [-0.25, -0.2) is 0 Å². The average Bonchev–Trinajstić information content (AvgIpc) is 2.68. The molecule has 0 heterocycles. The Morgan fingerprint density at radius 3 is 1.92 bits per heavy atom.